The van der Waals surface area contributed by atoms with E-state index in [9.17, 15) is 4.79 Å². The standard InChI is InChI=1S/C20H25N3O2/c1-2-3-14-25-18-10-11-19(21-15-18)20(24)22-16-6-8-17(9-7-16)23-12-4-5-13-23/h6-11,15H,2-5,12-14H2,1H3,(H,22,24). The molecule has 5 nitrogen and oxygen atoms in total. The monoisotopic (exact) mass is 339 g/mol. The lowest BCUT2D eigenvalue weighted by atomic mass is 10.2. The minimum Gasteiger partial charge on any atom is -0.492 e. The Morgan fingerprint density at radius 3 is 2.56 bits per heavy atom. The Morgan fingerprint density at radius 1 is 1.16 bits per heavy atom. The predicted molar refractivity (Wildman–Crippen MR) is 100 cm³/mol. The normalized spacial score (nSPS) is 13.7. The van der Waals surface area contributed by atoms with Crippen molar-refractivity contribution in [3.05, 3.63) is 48.3 Å². The molecule has 1 N–H and O–H groups in total. The van der Waals surface area contributed by atoms with Crippen molar-refractivity contribution in [3.63, 3.8) is 0 Å². The first-order chi connectivity index (χ1) is 12.3. The summed E-state index contributed by atoms with van der Waals surface area (Å²) in [7, 11) is 0. The number of amides is 1. The third-order valence-corrected chi connectivity index (χ3v) is 4.33. The fourth-order valence-electron chi connectivity index (χ4n) is 2.86. The van der Waals surface area contributed by atoms with Crippen LogP contribution in [0.2, 0.25) is 0 Å². The Labute approximate surface area is 149 Å². The molecule has 1 aliphatic rings. The summed E-state index contributed by atoms with van der Waals surface area (Å²) >= 11 is 0. The molecule has 1 aromatic carbocycles. The largest absolute Gasteiger partial charge is 0.492 e. The molecule has 0 unspecified atom stereocenters. The van der Waals surface area contributed by atoms with E-state index in [0.29, 0.717) is 18.1 Å². The molecule has 2 heterocycles. The molecule has 1 saturated heterocycles. The summed E-state index contributed by atoms with van der Waals surface area (Å²) in [5.74, 6) is 0.481. The number of carbonyl (C=O) groups excluding carboxylic acids is 1. The molecule has 0 radical (unpaired) electrons. The minimum absolute atomic E-state index is 0.214. The molecule has 0 bridgehead atoms. The van der Waals surface area contributed by atoms with Gasteiger partial charge in [-0.15, -0.1) is 0 Å². The second-order valence-corrected chi connectivity index (χ2v) is 6.28. The fraction of sp³-hybridized carbons (Fsp3) is 0.400. The lowest BCUT2D eigenvalue weighted by Crippen LogP contribution is -2.17. The van der Waals surface area contributed by atoms with Gasteiger partial charge < -0.3 is 15.0 Å². The number of unbranched alkanes of at least 4 members (excludes halogenated alkanes) is 1. The number of anilines is 2. The lowest BCUT2D eigenvalue weighted by molar-refractivity contribution is 0.102. The maximum atomic E-state index is 12.3. The third-order valence-electron chi connectivity index (χ3n) is 4.33. The Hall–Kier alpha value is -2.56. The lowest BCUT2D eigenvalue weighted by Gasteiger charge is -2.17. The smallest absolute Gasteiger partial charge is 0.274 e. The second kappa shape index (κ2) is 8.51. The molecule has 0 aliphatic carbocycles. The van der Waals surface area contributed by atoms with Crippen LogP contribution in [0.3, 0.4) is 0 Å². The van der Waals surface area contributed by atoms with Crippen LogP contribution in [0.5, 0.6) is 5.75 Å². The van der Waals surface area contributed by atoms with Gasteiger partial charge in [-0.2, -0.15) is 0 Å². The topological polar surface area (TPSA) is 54.5 Å². The predicted octanol–water partition coefficient (Wildman–Crippen LogP) is 4.11. The molecular weight excluding hydrogens is 314 g/mol. The summed E-state index contributed by atoms with van der Waals surface area (Å²) in [6.07, 6.45) is 6.20. The van der Waals surface area contributed by atoms with Crippen LogP contribution in [0, 0.1) is 0 Å². The van der Waals surface area contributed by atoms with Crippen LogP contribution in [0.4, 0.5) is 11.4 Å². The summed E-state index contributed by atoms with van der Waals surface area (Å²) < 4.78 is 5.56. The van der Waals surface area contributed by atoms with Gasteiger partial charge in [-0.05, 0) is 55.7 Å². The highest BCUT2D eigenvalue weighted by Gasteiger charge is 2.12. The van der Waals surface area contributed by atoms with Crippen molar-refractivity contribution in [2.24, 2.45) is 0 Å². The van der Waals surface area contributed by atoms with Gasteiger partial charge in [0.05, 0.1) is 12.8 Å². The number of ether oxygens (including phenoxy) is 1. The zero-order chi connectivity index (χ0) is 17.5. The number of pyridine rings is 1. The SMILES string of the molecule is CCCCOc1ccc(C(=O)Nc2ccc(N3CCCC3)cc2)nc1. The van der Waals surface area contributed by atoms with Gasteiger partial charge >= 0.3 is 0 Å². The van der Waals surface area contributed by atoms with Crippen LogP contribution in [0.25, 0.3) is 0 Å². The van der Waals surface area contributed by atoms with Crippen molar-refractivity contribution in [1.82, 2.24) is 4.98 Å². The van der Waals surface area contributed by atoms with E-state index in [4.69, 9.17) is 4.74 Å². The van der Waals surface area contributed by atoms with Crippen LogP contribution in [-0.4, -0.2) is 30.6 Å². The highest BCUT2D eigenvalue weighted by Crippen LogP contribution is 2.22. The number of hydrogen-bond acceptors (Lipinski definition) is 4. The van der Waals surface area contributed by atoms with Gasteiger partial charge in [0, 0.05) is 24.5 Å². The van der Waals surface area contributed by atoms with E-state index in [0.717, 1.165) is 31.6 Å². The molecule has 0 atom stereocenters. The van der Waals surface area contributed by atoms with Gasteiger partial charge in [0.15, 0.2) is 0 Å². The van der Waals surface area contributed by atoms with Crippen LogP contribution in [-0.2, 0) is 0 Å². The number of aromatic nitrogens is 1. The third kappa shape index (κ3) is 4.72. The molecule has 25 heavy (non-hydrogen) atoms. The number of carbonyl (C=O) groups is 1. The number of hydrogen-bond donors (Lipinski definition) is 1. The zero-order valence-corrected chi connectivity index (χ0v) is 14.7. The second-order valence-electron chi connectivity index (χ2n) is 6.28. The summed E-state index contributed by atoms with van der Waals surface area (Å²) in [6.45, 7) is 5.02. The quantitative estimate of drug-likeness (QED) is 0.771. The van der Waals surface area contributed by atoms with Crippen molar-refractivity contribution in [1.29, 1.82) is 0 Å². The molecule has 1 fully saturated rings. The first-order valence-electron chi connectivity index (χ1n) is 9.01. The maximum Gasteiger partial charge on any atom is 0.274 e. The van der Waals surface area contributed by atoms with E-state index in [1.165, 1.54) is 18.5 Å². The van der Waals surface area contributed by atoms with E-state index in [1.807, 2.05) is 12.1 Å². The van der Waals surface area contributed by atoms with Crippen LogP contribution in [0.15, 0.2) is 42.6 Å². The van der Waals surface area contributed by atoms with Crippen molar-refractivity contribution in [2.75, 3.05) is 29.9 Å². The van der Waals surface area contributed by atoms with Crippen molar-refractivity contribution < 1.29 is 9.53 Å². The van der Waals surface area contributed by atoms with Crippen molar-refractivity contribution in [3.8, 4) is 5.75 Å². The molecule has 1 aromatic heterocycles. The average Bonchev–Trinajstić information content (AvgIpc) is 3.18. The number of nitrogens with one attached hydrogen (secondary N) is 1. The van der Waals surface area contributed by atoms with Crippen molar-refractivity contribution >= 4 is 17.3 Å². The van der Waals surface area contributed by atoms with Gasteiger partial charge in [0.25, 0.3) is 5.91 Å². The number of nitrogens with zero attached hydrogens (tertiary/aromatic N) is 2. The maximum absolute atomic E-state index is 12.3. The van der Waals surface area contributed by atoms with Crippen LogP contribution >= 0.6 is 0 Å². The highest BCUT2D eigenvalue weighted by molar-refractivity contribution is 6.02. The first kappa shape index (κ1) is 17.3. The van der Waals surface area contributed by atoms with E-state index >= 15 is 0 Å². The molecule has 1 amide bonds. The molecule has 0 spiro atoms. The summed E-state index contributed by atoms with van der Waals surface area (Å²) in [5.41, 5.74) is 2.37. The minimum atomic E-state index is -0.214. The molecule has 0 saturated carbocycles. The summed E-state index contributed by atoms with van der Waals surface area (Å²) in [6, 6.07) is 11.5. The fourth-order valence-corrected chi connectivity index (χ4v) is 2.86. The molecular formula is C20H25N3O2. The van der Waals surface area contributed by atoms with Crippen LogP contribution in [0.1, 0.15) is 43.1 Å². The Bertz CT molecular complexity index is 677. The van der Waals surface area contributed by atoms with Gasteiger partial charge in [0.2, 0.25) is 0 Å². The Kier molecular flexibility index (Phi) is 5.88. The Balaban J connectivity index is 1.56. The average molecular weight is 339 g/mol. The molecule has 5 heteroatoms. The summed E-state index contributed by atoms with van der Waals surface area (Å²) in [5, 5.41) is 2.89. The summed E-state index contributed by atoms with van der Waals surface area (Å²) in [4.78, 5) is 18.9. The van der Waals surface area contributed by atoms with E-state index in [-0.39, 0.29) is 5.91 Å². The van der Waals surface area contributed by atoms with Gasteiger partial charge in [-0.1, -0.05) is 13.3 Å². The molecule has 132 valence electrons. The number of rotatable bonds is 7. The van der Waals surface area contributed by atoms with Gasteiger partial charge in [-0.3, -0.25) is 4.79 Å². The Morgan fingerprint density at radius 2 is 1.92 bits per heavy atom. The van der Waals surface area contributed by atoms with Gasteiger partial charge in [-0.25, -0.2) is 4.98 Å². The molecule has 2 aromatic rings. The molecule has 1 aliphatic heterocycles. The van der Waals surface area contributed by atoms with Crippen LogP contribution < -0.4 is 15.0 Å². The zero-order valence-electron chi connectivity index (χ0n) is 14.7. The highest BCUT2D eigenvalue weighted by atomic mass is 16.5. The van der Waals surface area contributed by atoms with Crippen molar-refractivity contribution in [2.45, 2.75) is 32.6 Å². The van der Waals surface area contributed by atoms with E-state index < -0.39 is 0 Å². The molecule has 3 rings (SSSR count). The first-order valence-corrected chi connectivity index (χ1v) is 9.01. The van der Waals surface area contributed by atoms with E-state index in [1.54, 1.807) is 18.3 Å². The van der Waals surface area contributed by atoms with E-state index in [2.05, 4.69) is 34.3 Å². The number of benzene rings is 1. The van der Waals surface area contributed by atoms with Gasteiger partial charge in [0.1, 0.15) is 11.4 Å².